The van der Waals surface area contributed by atoms with E-state index < -0.39 is 6.41 Å². The summed E-state index contributed by atoms with van der Waals surface area (Å²) in [5.74, 6) is 0. The number of hydrogen-bond donors (Lipinski definition) is 1. The lowest BCUT2D eigenvalue weighted by Gasteiger charge is -2.19. The Labute approximate surface area is 190 Å². The van der Waals surface area contributed by atoms with E-state index in [1.807, 2.05) is 54.6 Å². The van der Waals surface area contributed by atoms with Gasteiger partial charge < -0.3 is 18.9 Å². The van der Waals surface area contributed by atoms with Crippen LogP contribution in [0.1, 0.15) is 29.7 Å². The maximum Gasteiger partial charge on any atom is 0.217 e. The molecular weight excluding hydrogens is 402 g/mol. The monoisotopic (exact) mass is 433 g/mol. The Bertz CT molecular complexity index is 853. The summed E-state index contributed by atoms with van der Waals surface area (Å²) in [5, 5.41) is 3.42. The third-order valence-electron chi connectivity index (χ3n) is 5.48. The van der Waals surface area contributed by atoms with Crippen LogP contribution in [0.15, 0.2) is 91.0 Å². The van der Waals surface area contributed by atoms with Gasteiger partial charge in [-0.15, -0.1) is 0 Å². The van der Waals surface area contributed by atoms with Gasteiger partial charge in [-0.1, -0.05) is 91.0 Å². The highest BCUT2D eigenvalue weighted by molar-refractivity contribution is 5.18. The zero-order chi connectivity index (χ0) is 22.0. The number of hydrogen-bond acceptors (Lipinski definition) is 5. The van der Waals surface area contributed by atoms with Crippen LogP contribution in [0.5, 0.6) is 0 Å². The van der Waals surface area contributed by atoms with Crippen molar-refractivity contribution in [3.63, 3.8) is 0 Å². The lowest BCUT2D eigenvalue weighted by molar-refractivity contribution is -0.106. The summed E-state index contributed by atoms with van der Waals surface area (Å²) in [4.78, 5) is 0. The van der Waals surface area contributed by atoms with E-state index in [2.05, 4.69) is 48.6 Å². The van der Waals surface area contributed by atoms with Gasteiger partial charge in [0.25, 0.3) is 0 Å². The minimum Gasteiger partial charge on any atom is -0.374 e. The molecule has 32 heavy (non-hydrogen) atoms. The second kappa shape index (κ2) is 11.9. The fourth-order valence-corrected chi connectivity index (χ4v) is 3.67. The van der Waals surface area contributed by atoms with E-state index in [-0.39, 0.29) is 18.2 Å². The van der Waals surface area contributed by atoms with Crippen LogP contribution in [0, 0.1) is 0 Å². The third kappa shape index (κ3) is 6.73. The maximum atomic E-state index is 6.17. The van der Waals surface area contributed by atoms with Crippen LogP contribution in [0.2, 0.25) is 0 Å². The lowest BCUT2D eigenvalue weighted by Crippen LogP contribution is -2.33. The zero-order valence-electron chi connectivity index (χ0n) is 18.4. The van der Waals surface area contributed by atoms with Crippen LogP contribution in [0.25, 0.3) is 0 Å². The molecule has 0 bridgehead atoms. The number of benzene rings is 3. The molecule has 5 heteroatoms. The molecule has 5 nitrogen and oxygen atoms in total. The first-order valence-corrected chi connectivity index (χ1v) is 11.1. The Balaban J connectivity index is 1.31. The van der Waals surface area contributed by atoms with Gasteiger partial charge >= 0.3 is 0 Å². The molecule has 3 atom stereocenters. The van der Waals surface area contributed by atoms with Gasteiger partial charge in [0.15, 0.2) is 0 Å². The average molecular weight is 434 g/mol. The summed E-state index contributed by atoms with van der Waals surface area (Å²) in [6, 6.07) is 30.6. The number of nitrogens with one attached hydrogen (secondary N) is 1. The SMILES string of the molecule is CC(NC1O[C@H](COCc2ccccc2)[C@@H](COCc2ccccc2)O1)c1ccccc1. The molecule has 0 aromatic heterocycles. The van der Waals surface area contributed by atoms with Crippen molar-refractivity contribution in [2.24, 2.45) is 0 Å². The van der Waals surface area contributed by atoms with Gasteiger partial charge in [-0.05, 0) is 23.6 Å². The van der Waals surface area contributed by atoms with Gasteiger partial charge in [-0.3, -0.25) is 5.32 Å². The van der Waals surface area contributed by atoms with E-state index in [1.165, 1.54) is 5.56 Å². The molecule has 4 rings (SSSR count). The second-order valence-corrected chi connectivity index (χ2v) is 7.98. The molecule has 1 heterocycles. The van der Waals surface area contributed by atoms with E-state index in [0.717, 1.165) is 11.1 Å². The quantitative estimate of drug-likeness (QED) is 0.469. The highest BCUT2D eigenvalue weighted by atomic mass is 16.8. The van der Waals surface area contributed by atoms with Crippen LogP contribution >= 0.6 is 0 Å². The molecule has 1 fully saturated rings. The third-order valence-corrected chi connectivity index (χ3v) is 5.48. The summed E-state index contributed by atoms with van der Waals surface area (Å²) < 4.78 is 24.2. The Morgan fingerprint density at radius 1 is 0.688 bits per heavy atom. The Hall–Kier alpha value is -2.54. The van der Waals surface area contributed by atoms with Crippen molar-refractivity contribution in [2.75, 3.05) is 13.2 Å². The Morgan fingerprint density at radius 3 is 1.59 bits per heavy atom. The molecule has 0 aliphatic carbocycles. The zero-order valence-corrected chi connectivity index (χ0v) is 18.4. The first kappa shape index (κ1) is 22.6. The van der Waals surface area contributed by atoms with E-state index in [0.29, 0.717) is 26.4 Å². The van der Waals surface area contributed by atoms with Crippen molar-refractivity contribution in [1.29, 1.82) is 0 Å². The normalized spacial score (nSPS) is 19.8. The Kier molecular flexibility index (Phi) is 8.42. The van der Waals surface area contributed by atoms with Crippen LogP contribution < -0.4 is 5.32 Å². The van der Waals surface area contributed by atoms with Crippen molar-refractivity contribution < 1.29 is 18.9 Å². The molecule has 1 N–H and O–H groups in total. The summed E-state index contributed by atoms with van der Waals surface area (Å²) in [7, 11) is 0. The molecule has 0 saturated carbocycles. The average Bonchev–Trinajstić information content (AvgIpc) is 3.22. The minimum atomic E-state index is -0.513. The standard InChI is InChI=1S/C27H31NO4/c1-21(24-15-9-4-10-16-24)28-27-31-25(19-29-17-22-11-5-2-6-12-22)26(32-27)20-30-18-23-13-7-3-8-14-23/h2-16,21,25-28H,17-20H2,1H3/t21?,25-,26-/m1/s1. The van der Waals surface area contributed by atoms with E-state index in [4.69, 9.17) is 18.9 Å². The summed E-state index contributed by atoms with van der Waals surface area (Å²) in [5.41, 5.74) is 3.45. The fourth-order valence-electron chi connectivity index (χ4n) is 3.67. The largest absolute Gasteiger partial charge is 0.374 e. The molecule has 3 aromatic carbocycles. The van der Waals surface area contributed by atoms with Crippen LogP contribution in [0.4, 0.5) is 0 Å². The first-order valence-electron chi connectivity index (χ1n) is 11.1. The van der Waals surface area contributed by atoms with E-state index >= 15 is 0 Å². The first-order chi connectivity index (χ1) is 15.8. The summed E-state index contributed by atoms with van der Waals surface area (Å²) in [6.07, 6.45) is -0.939. The molecule has 1 aliphatic heterocycles. The van der Waals surface area contributed by atoms with Crippen molar-refractivity contribution in [1.82, 2.24) is 5.32 Å². The molecule has 0 radical (unpaired) electrons. The summed E-state index contributed by atoms with van der Waals surface area (Å²) >= 11 is 0. The molecule has 168 valence electrons. The van der Waals surface area contributed by atoms with Gasteiger partial charge in [0, 0.05) is 6.04 Å². The van der Waals surface area contributed by atoms with Gasteiger partial charge in [-0.25, -0.2) is 0 Å². The fraction of sp³-hybridized carbons (Fsp3) is 0.333. The molecule has 1 saturated heterocycles. The topological polar surface area (TPSA) is 49.0 Å². The van der Waals surface area contributed by atoms with Gasteiger partial charge in [0.05, 0.1) is 26.4 Å². The van der Waals surface area contributed by atoms with Gasteiger partial charge in [0.2, 0.25) is 6.41 Å². The minimum absolute atomic E-state index is 0.0936. The van der Waals surface area contributed by atoms with Crippen LogP contribution in [-0.2, 0) is 32.2 Å². The lowest BCUT2D eigenvalue weighted by atomic mass is 10.1. The number of ether oxygens (including phenoxy) is 4. The van der Waals surface area contributed by atoms with E-state index in [9.17, 15) is 0 Å². The van der Waals surface area contributed by atoms with Gasteiger partial charge in [-0.2, -0.15) is 0 Å². The van der Waals surface area contributed by atoms with Crippen molar-refractivity contribution >= 4 is 0 Å². The number of rotatable bonds is 11. The second-order valence-electron chi connectivity index (χ2n) is 7.98. The molecule has 1 aliphatic rings. The van der Waals surface area contributed by atoms with Gasteiger partial charge in [0.1, 0.15) is 12.2 Å². The predicted octanol–water partition coefficient (Wildman–Crippen LogP) is 4.84. The summed E-state index contributed by atoms with van der Waals surface area (Å²) in [6.45, 7) is 4.05. The predicted molar refractivity (Wildman–Crippen MR) is 124 cm³/mol. The molecular formula is C27H31NO4. The van der Waals surface area contributed by atoms with E-state index in [1.54, 1.807) is 0 Å². The maximum absolute atomic E-state index is 6.17. The molecule has 1 unspecified atom stereocenters. The highest BCUT2D eigenvalue weighted by Gasteiger charge is 2.37. The molecule has 0 amide bonds. The van der Waals surface area contributed by atoms with Crippen LogP contribution in [0.3, 0.4) is 0 Å². The van der Waals surface area contributed by atoms with Crippen molar-refractivity contribution in [3.8, 4) is 0 Å². The molecule has 3 aromatic rings. The Morgan fingerprint density at radius 2 is 1.12 bits per heavy atom. The van der Waals surface area contributed by atoms with Crippen molar-refractivity contribution in [2.45, 2.75) is 44.8 Å². The highest BCUT2D eigenvalue weighted by Crippen LogP contribution is 2.23. The van der Waals surface area contributed by atoms with Crippen molar-refractivity contribution in [3.05, 3.63) is 108 Å². The smallest absolute Gasteiger partial charge is 0.217 e. The molecule has 0 spiro atoms. The van der Waals surface area contributed by atoms with Crippen LogP contribution in [-0.4, -0.2) is 31.8 Å².